The molecule has 0 heterocycles. The maximum Gasteiger partial charge on any atom is 0.417 e. The van der Waals surface area contributed by atoms with Crippen LogP contribution < -0.4 is 10.1 Å². The molecule has 134 valence electrons. The second-order valence-corrected chi connectivity index (χ2v) is 5.51. The number of hydrogen-bond acceptors (Lipinski definition) is 3. The van der Waals surface area contributed by atoms with Crippen molar-refractivity contribution in [3.8, 4) is 5.75 Å². The first-order chi connectivity index (χ1) is 11.8. The third kappa shape index (κ3) is 4.64. The summed E-state index contributed by atoms with van der Waals surface area (Å²) in [6.07, 6.45) is -4.61. The van der Waals surface area contributed by atoms with E-state index in [4.69, 9.17) is 21.1 Å². The van der Waals surface area contributed by atoms with E-state index in [-0.39, 0.29) is 17.9 Å². The lowest BCUT2D eigenvalue weighted by Crippen LogP contribution is -2.14. The zero-order valence-electron chi connectivity index (χ0n) is 13.4. The summed E-state index contributed by atoms with van der Waals surface area (Å²) in [6, 6.07) is 7.83. The molecule has 0 aliphatic rings. The Hall–Kier alpha value is -2.25. The number of halogens is 4. The van der Waals surface area contributed by atoms with Crippen molar-refractivity contribution in [3.05, 3.63) is 58.1 Å². The zero-order chi connectivity index (χ0) is 18.6. The molecule has 0 spiro atoms. The molecule has 1 N–H and O–H groups in total. The predicted molar refractivity (Wildman–Crippen MR) is 88.1 cm³/mol. The second kappa shape index (κ2) is 7.76. The molecule has 0 radical (unpaired) electrons. The number of anilines is 1. The molecule has 2 aromatic carbocycles. The second-order valence-electron chi connectivity index (χ2n) is 5.11. The largest absolute Gasteiger partial charge is 0.496 e. The molecule has 0 aliphatic heterocycles. The summed E-state index contributed by atoms with van der Waals surface area (Å²) in [5, 5.41) is 1.99. The van der Waals surface area contributed by atoms with Gasteiger partial charge in [-0.1, -0.05) is 11.6 Å². The third-order valence-corrected chi connectivity index (χ3v) is 3.70. The van der Waals surface area contributed by atoms with Crippen LogP contribution in [0.4, 0.5) is 18.9 Å². The summed E-state index contributed by atoms with van der Waals surface area (Å²) >= 11 is 5.56. The van der Waals surface area contributed by atoms with E-state index in [9.17, 15) is 18.0 Å². The normalized spacial score (nSPS) is 11.3. The van der Waals surface area contributed by atoms with Gasteiger partial charge in [0.25, 0.3) is 5.91 Å². The summed E-state index contributed by atoms with van der Waals surface area (Å²) in [4.78, 5) is 12.3. The van der Waals surface area contributed by atoms with E-state index in [1.165, 1.54) is 26.4 Å². The molecule has 0 aliphatic carbocycles. The highest BCUT2D eigenvalue weighted by Crippen LogP contribution is 2.36. The quantitative estimate of drug-likeness (QED) is 0.821. The molecule has 0 saturated heterocycles. The Morgan fingerprint density at radius 1 is 1.16 bits per heavy atom. The molecule has 0 saturated carbocycles. The van der Waals surface area contributed by atoms with Gasteiger partial charge in [0, 0.05) is 23.9 Å². The number of benzene rings is 2. The van der Waals surface area contributed by atoms with Gasteiger partial charge < -0.3 is 14.8 Å². The van der Waals surface area contributed by atoms with E-state index in [0.717, 1.165) is 12.1 Å². The first kappa shape index (κ1) is 19.1. The van der Waals surface area contributed by atoms with Crippen LogP contribution in [0.3, 0.4) is 0 Å². The van der Waals surface area contributed by atoms with Crippen molar-refractivity contribution in [3.63, 3.8) is 0 Å². The van der Waals surface area contributed by atoms with Gasteiger partial charge in [0.05, 0.1) is 24.3 Å². The van der Waals surface area contributed by atoms with Crippen LogP contribution in [0, 0.1) is 0 Å². The molecule has 0 aromatic heterocycles. The van der Waals surface area contributed by atoms with Crippen LogP contribution in [0.5, 0.6) is 5.75 Å². The average Bonchev–Trinajstić information content (AvgIpc) is 2.55. The molecule has 0 unspecified atom stereocenters. The monoisotopic (exact) mass is 373 g/mol. The lowest BCUT2D eigenvalue weighted by molar-refractivity contribution is -0.137. The van der Waals surface area contributed by atoms with Gasteiger partial charge in [0.2, 0.25) is 0 Å². The van der Waals surface area contributed by atoms with Gasteiger partial charge in [-0.05, 0) is 36.4 Å². The van der Waals surface area contributed by atoms with Crippen LogP contribution in [0.15, 0.2) is 36.4 Å². The minimum atomic E-state index is -4.61. The van der Waals surface area contributed by atoms with Crippen molar-refractivity contribution >= 4 is 23.2 Å². The molecule has 0 atom stereocenters. The van der Waals surface area contributed by atoms with Crippen LogP contribution >= 0.6 is 11.6 Å². The fourth-order valence-corrected chi connectivity index (χ4v) is 2.44. The Labute approximate surface area is 147 Å². The van der Waals surface area contributed by atoms with Crippen molar-refractivity contribution in [1.82, 2.24) is 0 Å². The van der Waals surface area contributed by atoms with Gasteiger partial charge in [-0.15, -0.1) is 0 Å². The van der Waals surface area contributed by atoms with Gasteiger partial charge in [0.1, 0.15) is 5.75 Å². The van der Waals surface area contributed by atoms with E-state index < -0.39 is 22.7 Å². The third-order valence-electron chi connectivity index (χ3n) is 3.37. The summed E-state index contributed by atoms with van der Waals surface area (Å²) in [7, 11) is 2.99. The molecule has 0 bridgehead atoms. The highest BCUT2D eigenvalue weighted by molar-refractivity contribution is 6.31. The van der Waals surface area contributed by atoms with E-state index in [1.807, 2.05) is 0 Å². The van der Waals surface area contributed by atoms with E-state index in [1.54, 1.807) is 12.1 Å². The molecule has 2 aromatic rings. The predicted octanol–water partition coefficient (Wildman–Crippen LogP) is 4.77. The number of rotatable bonds is 5. The average molecular weight is 374 g/mol. The number of amides is 1. The van der Waals surface area contributed by atoms with Crippen molar-refractivity contribution in [2.45, 2.75) is 12.8 Å². The summed E-state index contributed by atoms with van der Waals surface area (Å²) in [5.74, 6) is -0.0142. The molecular weight excluding hydrogens is 359 g/mol. The number of hydrogen-bond donors (Lipinski definition) is 1. The Balaban J connectivity index is 2.27. The van der Waals surface area contributed by atoms with Gasteiger partial charge in [0.15, 0.2) is 0 Å². The fraction of sp³-hybridized carbons (Fsp3) is 0.235. The number of nitrogens with one attached hydrogen (secondary N) is 1. The Morgan fingerprint density at radius 3 is 2.48 bits per heavy atom. The Bertz CT molecular complexity index is 778. The number of alkyl halides is 3. The first-order valence-corrected chi connectivity index (χ1v) is 7.48. The molecule has 1 amide bonds. The number of methoxy groups -OCH3 is 2. The van der Waals surface area contributed by atoms with Gasteiger partial charge in [-0.25, -0.2) is 0 Å². The lowest BCUT2D eigenvalue weighted by Gasteiger charge is -2.13. The summed E-state index contributed by atoms with van der Waals surface area (Å²) in [5.41, 5.74) is -0.117. The number of ether oxygens (including phenoxy) is 2. The summed E-state index contributed by atoms with van der Waals surface area (Å²) < 4.78 is 48.9. The molecule has 4 nitrogen and oxygen atoms in total. The topological polar surface area (TPSA) is 47.6 Å². The maximum absolute atomic E-state index is 12.9. The highest BCUT2D eigenvalue weighted by atomic mass is 35.5. The summed E-state index contributed by atoms with van der Waals surface area (Å²) in [6.45, 7) is 0.226. The standard InChI is InChI=1S/C17H15ClF3NO3/c1-24-9-11-7-10(3-6-15(11)25-2)16(23)22-12-4-5-14(18)13(8-12)17(19,20)21/h3-8H,9H2,1-2H3,(H,22,23). The van der Waals surface area contributed by atoms with Gasteiger partial charge in [-0.3, -0.25) is 4.79 Å². The van der Waals surface area contributed by atoms with Gasteiger partial charge in [-0.2, -0.15) is 13.2 Å². The van der Waals surface area contributed by atoms with E-state index >= 15 is 0 Å². The van der Waals surface area contributed by atoms with E-state index in [2.05, 4.69) is 5.32 Å². The molecule has 2 rings (SSSR count). The van der Waals surface area contributed by atoms with Crippen molar-refractivity contribution in [1.29, 1.82) is 0 Å². The lowest BCUT2D eigenvalue weighted by atomic mass is 10.1. The molecular formula is C17H15ClF3NO3. The van der Waals surface area contributed by atoms with Crippen molar-refractivity contribution in [2.24, 2.45) is 0 Å². The smallest absolute Gasteiger partial charge is 0.417 e. The Kier molecular flexibility index (Phi) is 5.92. The van der Waals surface area contributed by atoms with Crippen molar-refractivity contribution < 1.29 is 27.4 Å². The molecule has 8 heteroatoms. The minimum Gasteiger partial charge on any atom is -0.496 e. The van der Waals surface area contributed by atoms with Crippen molar-refractivity contribution in [2.75, 3.05) is 19.5 Å². The van der Waals surface area contributed by atoms with Crippen LogP contribution in [0.25, 0.3) is 0 Å². The van der Waals surface area contributed by atoms with Crippen LogP contribution in [-0.2, 0) is 17.5 Å². The maximum atomic E-state index is 12.9. The van der Waals surface area contributed by atoms with Crippen LogP contribution in [0.2, 0.25) is 5.02 Å². The zero-order valence-corrected chi connectivity index (χ0v) is 14.2. The molecule has 0 fully saturated rings. The number of carbonyl (C=O) groups excluding carboxylic acids is 1. The van der Waals surface area contributed by atoms with E-state index in [0.29, 0.717) is 11.3 Å². The minimum absolute atomic E-state index is 0.00849. The Morgan fingerprint density at radius 2 is 1.88 bits per heavy atom. The molecule has 25 heavy (non-hydrogen) atoms. The van der Waals surface area contributed by atoms with Crippen LogP contribution in [-0.4, -0.2) is 20.1 Å². The first-order valence-electron chi connectivity index (χ1n) is 7.10. The number of carbonyl (C=O) groups is 1. The SMILES string of the molecule is COCc1cc(C(=O)Nc2ccc(Cl)c(C(F)(F)F)c2)ccc1OC. The van der Waals surface area contributed by atoms with Gasteiger partial charge >= 0.3 is 6.18 Å². The fourth-order valence-electron chi connectivity index (χ4n) is 2.21. The van der Waals surface area contributed by atoms with Crippen LogP contribution in [0.1, 0.15) is 21.5 Å². The highest BCUT2D eigenvalue weighted by Gasteiger charge is 2.33.